The summed E-state index contributed by atoms with van der Waals surface area (Å²) in [5, 5.41) is 3.63. The van der Waals surface area contributed by atoms with Crippen molar-refractivity contribution in [3.8, 4) is 0 Å². The average Bonchev–Trinajstić information content (AvgIpc) is 2.62. The molecule has 0 saturated carbocycles. The molecule has 29 heavy (non-hydrogen) atoms. The Kier molecular flexibility index (Phi) is 7.66. The standard InChI is InChI=1S/C22H25Cl2FN2O2/c1-14(21(29)26-22(2,3)4)27(13-15-8-10-16(23)11-9-15)20(28)12-17-18(24)6-5-7-19(17)25/h5-11,14H,12-13H2,1-4H3,(H,26,29)/t14-/m1/s1. The summed E-state index contributed by atoms with van der Waals surface area (Å²) in [6.07, 6.45) is -0.244. The van der Waals surface area contributed by atoms with E-state index in [2.05, 4.69) is 5.32 Å². The van der Waals surface area contributed by atoms with Crippen LogP contribution in [0.5, 0.6) is 0 Å². The van der Waals surface area contributed by atoms with Crippen LogP contribution in [-0.4, -0.2) is 28.3 Å². The van der Waals surface area contributed by atoms with Crippen molar-refractivity contribution in [2.75, 3.05) is 0 Å². The van der Waals surface area contributed by atoms with Gasteiger partial charge in [-0.3, -0.25) is 9.59 Å². The van der Waals surface area contributed by atoms with Crippen molar-refractivity contribution in [1.29, 1.82) is 0 Å². The van der Waals surface area contributed by atoms with E-state index in [1.54, 1.807) is 31.2 Å². The maximum absolute atomic E-state index is 14.2. The molecular formula is C22H25Cl2FN2O2. The zero-order valence-corrected chi connectivity index (χ0v) is 18.4. The molecule has 0 saturated heterocycles. The van der Waals surface area contributed by atoms with Gasteiger partial charge in [0.25, 0.3) is 0 Å². The molecule has 0 aliphatic heterocycles. The fourth-order valence-corrected chi connectivity index (χ4v) is 3.15. The van der Waals surface area contributed by atoms with Gasteiger partial charge in [0.2, 0.25) is 11.8 Å². The number of hydrogen-bond donors (Lipinski definition) is 1. The number of carbonyl (C=O) groups is 2. The van der Waals surface area contributed by atoms with Crippen molar-refractivity contribution >= 4 is 35.0 Å². The second-order valence-corrected chi connectivity index (χ2v) is 8.78. The van der Waals surface area contributed by atoms with Crippen molar-refractivity contribution < 1.29 is 14.0 Å². The molecule has 0 aromatic heterocycles. The minimum atomic E-state index is -0.761. The van der Waals surface area contributed by atoms with Crippen molar-refractivity contribution in [2.45, 2.75) is 52.2 Å². The Bertz CT molecular complexity index is 859. The van der Waals surface area contributed by atoms with Gasteiger partial charge in [0.05, 0.1) is 6.42 Å². The smallest absolute Gasteiger partial charge is 0.242 e. The number of carbonyl (C=O) groups excluding carboxylic acids is 2. The number of rotatable bonds is 6. The normalized spacial score (nSPS) is 12.4. The number of benzene rings is 2. The van der Waals surface area contributed by atoms with Crippen molar-refractivity contribution in [3.63, 3.8) is 0 Å². The molecule has 0 heterocycles. The van der Waals surface area contributed by atoms with Crippen molar-refractivity contribution in [2.24, 2.45) is 0 Å². The van der Waals surface area contributed by atoms with Gasteiger partial charge in [-0.2, -0.15) is 0 Å². The third-order valence-electron chi connectivity index (χ3n) is 4.32. The van der Waals surface area contributed by atoms with E-state index >= 15 is 0 Å². The second kappa shape index (κ2) is 9.59. The third-order valence-corrected chi connectivity index (χ3v) is 4.93. The van der Waals surface area contributed by atoms with Gasteiger partial charge >= 0.3 is 0 Å². The van der Waals surface area contributed by atoms with E-state index in [1.807, 2.05) is 20.8 Å². The molecule has 4 nitrogen and oxygen atoms in total. The van der Waals surface area contributed by atoms with Gasteiger partial charge in [0.15, 0.2) is 0 Å². The number of nitrogens with one attached hydrogen (secondary N) is 1. The van der Waals surface area contributed by atoms with Crippen LogP contribution in [-0.2, 0) is 22.6 Å². The van der Waals surface area contributed by atoms with Crippen LogP contribution in [0.2, 0.25) is 10.0 Å². The van der Waals surface area contributed by atoms with Crippen LogP contribution >= 0.6 is 23.2 Å². The van der Waals surface area contributed by atoms with Crippen LogP contribution in [0.3, 0.4) is 0 Å². The van der Waals surface area contributed by atoms with Gasteiger partial charge in [-0.1, -0.05) is 41.4 Å². The number of hydrogen-bond acceptors (Lipinski definition) is 2. The topological polar surface area (TPSA) is 49.4 Å². The van der Waals surface area contributed by atoms with Crippen molar-refractivity contribution in [3.05, 3.63) is 69.5 Å². The lowest BCUT2D eigenvalue weighted by atomic mass is 10.1. The zero-order chi connectivity index (χ0) is 21.8. The Morgan fingerprint density at radius 1 is 1.10 bits per heavy atom. The average molecular weight is 439 g/mol. The molecule has 156 valence electrons. The maximum Gasteiger partial charge on any atom is 0.242 e. The SMILES string of the molecule is C[C@H](C(=O)NC(C)(C)C)N(Cc1ccc(Cl)cc1)C(=O)Cc1c(F)cccc1Cl. The molecule has 1 atom stereocenters. The molecule has 7 heteroatoms. The highest BCUT2D eigenvalue weighted by Crippen LogP contribution is 2.22. The molecule has 2 aromatic rings. The number of amides is 2. The molecule has 1 N–H and O–H groups in total. The Labute approximate surface area is 181 Å². The van der Waals surface area contributed by atoms with E-state index < -0.39 is 23.3 Å². The van der Waals surface area contributed by atoms with Crippen molar-refractivity contribution in [1.82, 2.24) is 10.2 Å². The van der Waals surface area contributed by atoms with Gasteiger partial charge in [0, 0.05) is 27.7 Å². The number of halogens is 3. The van der Waals surface area contributed by atoms with E-state index in [0.717, 1.165) is 5.56 Å². The molecule has 0 spiro atoms. The van der Waals surface area contributed by atoms with E-state index in [-0.39, 0.29) is 29.5 Å². The Hall–Kier alpha value is -2.11. The lowest BCUT2D eigenvalue weighted by Gasteiger charge is -2.31. The van der Waals surface area contributed by atoms with E-state index in [1.165, 1.54) is 23.1 Å². The Morgan fingerprint density at radius 3 is 2.28 bits per heavy atom. The largest absolute Gasteiger partial charge is 0.350 e. The monoisotopic (exact) mass is 438 g/mol. The van der Waals surface area contributed by atoms with Gasteiger partial charge in [0.1, 0.15) is 11.9 Å². The van der Waals surface area contributed by atoms with Crippen LogP contribution in [0, 0.1) is 5.82 Å². The van der Waals surface area contributed by atoms with E-state index in [9.17, 15) is 14.0 Å². The zero-order valence-electron chi connectivity index (χ0n) is 16.9. The molecule has 2 amide bonds. The lowest BCUT2D eigenvalue weighted by molar-refractivity contribution is -0.140. The first-order valence-electron chi connectivity index (χ1n) is 9.27. The first-order valence-corrected chi connectivity index (χ1v) is 10.0. The second-order valence-electron chi connectivity index (χ2n) is 7.94. The Morgan fingerprint density at radius 2 is 1.72 bits per heavy atom. The third kappa shape index (κ3) is 6.72. The maximum atomic E-state index is 14.2. The minimum Gasteiger partial charge on any atom is -0.350 e. The molecule has 2 aromatic carbocycles. The first kappa shape index (κ1) is 23.2. The highest BCUT2D eigenvalue weighted by Gasteiger charge is 2.29. The van der Waals surface area contributed by atoms with Crippen LogP contribution in [0.4, 0.5) is 4.39 Å². The highest BCUT2D eigenvalue weighted by molar-refractivity contribution is 6.31. The molecule has 0 radical (unpaired) electrons. The van der Waals surface area contributed by atoms with Crippen LogP contribution < -0.4 is 5.32 Å². The summed E-state index contributed by atoms with van der Waals surface area (Å²) in [6.45, 7) is 7.42. The van der Waals surface area contributed by atoms with Gasteiger partial charge in [-0.15, -0.1) is 0 Å². The molecule has 0 unspecified atom stereocenters. The first-order chi connectivity index (χ1) is 13.5. The predicted molar refractivity (Wildman–Crippen MR) is 114 cm³/mol. The van der Waals surface area contributed by atoms with E-state index in [0.29, 0.717) is 5.02 Å². The highest BCUT2D eigenvalue weighted by atomic mass is 35.5. The lowest BCUT2D eigenvalue weighted by Crippen LogP contribution is -2.52. The molecular weight excluding hydrogens is 414 g/mol. The summed E-state index contributed by atoms with van der Waals surface area (Å²) < 4.78 is 14.2. The molecule has 0 fully saturated rings. The van der Waals surface area contributed by atoms with Gasteiger partial charge < -0.3 is 10.2 Å². The number of nitrogens with zero attached hydrogens (tertiary/aromatic N) is 1. The fourth-order valence-electron chi connectivity index (χ4n) is 2.80. The van der Waals surface area contributed by atoms with Crippen LogP contribution in [0.25, 0.3) is 0 Å². The quantitative estimate of drug-likeness (QED) is 0.688. The molecule has 2 rings (SSSR count). The summed E-state index contributed by atoms with van der Waals surface area (Å²) in [5.41, 5.74) is 0.469. The van der Waals surface area contributed by atoms with Crippen LogP contribution in [0.15, 0.2) is 42.5 Å². The fraction of sp³-hybridized carbons (Fsp3) is 0.364. The minimum absolute atomic E-state index is 0.115. The molecule has 0 aliphatic carbocycles. The van der Waals surface area contributed by atoms with Gasteiger partial charge in [-0.25, -0.2) is 4.39 Å². The summed E-state index contributed by atoms with van der Waals surface area (Å²) in [5.74, 6) is -1.24. The Balaban J connectivity index is 2.30. The summed E-state index contributed by atoms with van der Waals surface area (Å²) in [6, 6.07) is 10.5. The summed E-state index contributed by atoms with van der Waals surface area (Å²) in [7, 11) is 0. The molecule has 0 bridgehead atoms. The summed E-state index contributed by atoms with van der Waals surface area (Å²) >= 11 is 12.0. The van der Waals surface area contributed by atoms with E-state index in [4.69, 9.17) is 23.2 Å². The van der Waals surface area contributed by atoms with Crippen LogP contribution in [0.1, 0.15) is 38.8 Å². The summed E-state index contributed by atoms with van der Waals surface area (Å²) in [4.78, 5) is 27.2. The predicted octanol–water partition coefficient (Wildman–Crippen LogP) is 5.01. The molecule has 0 aliphatic rings. The van der Waals surface area contributed by atoms with Gasteiger partial charge in [-0.05, 0) is 57.5 Å².